The minimum absolute atomic E-state index is 0. The highest BCUT2D eigenvalue weighted by Gasteiger charge is 2.14. The number of fused-ring (bicyclic) bond motifs is 7. The number of pyridine rings is 2. The SMILES string of the molecule is [Cl-].c1ccc2c(c1)ccc1c3[nH]c4ccccc4c3cc[n+]21. The Bertz CT molecular complexity index is 1140. The van der Waals surface area contributed by atoms with Crippen LogP contribution in [0.3, 0.4) is 0 Å². The zero-order chi connectivity index (χ0) is 13.8. The van der Waals surface area contributed by atoms with Gasteiger partial charge < -0.3 is 17.4 Å². The number of halogens is 1. The van der Waals surface area contributed by atoms with Crippen molar-refractivity contribution in [2.45, 2.75) is 0 Å². The first kappa shape index (κ1) is 13.1. The summed E-state index contributed by atoms with van der Waals surface area (Å²) in [7, 11) is 0. The average molecular weight is 305 g/mol. The van der Waals surface area contributed by atoms with E-state index in [4.69, 9.17) is 0 Å². The minimum atomic E-state index is 0. The summed E-state index contributed by atoms with van der Waals surface area (Å²) in [6.45, 7) is 0. The van der Waals surface area contributed by atoms with E-state index in [1.54, 1.807) is 0 Å². The van der Waals surface area contributed by atoms with Crippen molar-refractivity contribution in [3.63, 3.8) is 0 Å². The average Bonchev–Trinajstić information content (AvgIpc) is 2.93. The standard InChI is InChI=1S/C19H12N2.ClH/c1-4-8-17-13(5-1)9-10-18-19-15(11-12-21(17)18)14-6-2-3-7-16(14)20-19;/h1-12H;1H. The van der Waals surface area contributed by atoms with Crippen LogP contribution in [0.15, 0.2) is 72.9 Å². The lowest BCUT2D eigenvalue weighted by Gasteiger charge is -1.98. The van der Waals surface area contributed by atoms with Gasteiger partial charge in [-0.2, -0.15) is 4.40 Å². The number of aromatic amines is 1. The molecule has 0 aliphatic heterocycles. The van der Waals surface area contributed by atoms with Gasteiger partial charge in [0.2, 0.25) is 11.0 Å². The highest BCUT2D eigenvalue weighted by atomic mass is 35.5. The Morgan fingerprint density at radius 3 is 2.45 bits per heavy atom. The molecule has 2 nitrogen and oxygen atoms in total. The van der Waals surface area contributed by atoms with Crippen molar-refractivity contribution < 1.29 is 16.8 Å². The van der Waals surface area contributed by atoms with Crippen LogP contribution < -0.4 is 16.8 Å². The molecule has 0 aliphatic carbocycles. The van der Waals surface area contributed by atoms with E-state index >= 15 is 0 Å². The summed E-state index contributed by atoms with van der Waals surface area (Å²) < 4.78 is 2.26. The number of benzene rings is 2. The fourth-order valence-corrected chi connectivity index (χ4v) is 3.28. The van der Waals surface area contributed by atoms with Gasteiger partial charge in [0.1, 0.15) is 5.52 Å². The molecule has 0 aliphatic rings. The number of aromatic nitrogens is 2. The van der Waals surface area contributed by atoms with Crippen LogP contribution in [0, 0.1) is 0 Å². The van der Waals surface area contributed by atoms with Crippen molar-refractivity contribution in [1.82, 2.24) is 4.98 Å². The zero-order valence-electron chi connectivity index (χ0n) is 11.8. The fourth-order valence-electron chi connectivity index (χ4n) is 3.28. The maximum absolute atomic E-state index is 3.56. The van der Waals surface area contributed by atoms with Crippen molar-refractivity contribution in [3.8, 4) is 0 Å². The molecule has 106 valence electrons. The Morgan fingerprint density at radius 1 is 0.682 bits per heavy atom. The van der Waals surface area contributed by atoms with Gasteiger partial charge in [-0.3, -0.25) is 0 Å². The smallest absolute Gasteiger partial charge is 0.235 e. The van der Waals surface area contributed by atoms with E-state index in [0.29, 0.717) is 0 Å². The van der Waals surface area contributed by atoms with Gasteiger partial charge in [0.05, 0.1) is 0 Å². The molecule has 0 amide bonds. The summed E-state index contributed by atoms with van der Waals surface area (Å²) in [6.07, 6.45) is 2.17. The van der Waals surface area contributed by atoms with Gasteiger partial charge >= 0.3 is 0 Å². The summed E-state index contributed by atoms with van der Waals surface area (Å²) >= 11 is 0. The Kier molecular flexibility index (Phi) is 2.81. The first-order chi connectivity index (χ1) is 10.4. The summed E-state index contributed by atoms with van der Waals surface area (Å²) in [6, 6.07) is 23.5. The van der Waals surface area contributed by atoms with Gasteiger partial charge in [0, 0.05) is 39.9 Å². The summed E-state index contributed by atoms with van der Waals surface area (Å²) in [5.74, 6) is 0. The molecular weight excluding hydrogens is 292 g/mol. The molecule has 3 heteroatoms. The van der Waals surface area contributed by atoms with Crippen LogP contribution in [-0.4, -0.2) is 4.98 Å². The van der Waals surface area contributed by atoms with Crippen LogP contribution in [0.1, 0.15) is 0 Å². The number of para-hydroxylation sites is 2. The number of rotatable bonds is 0. The molecule has 0 radical (unpaired) electrons. The second kappa shape index (κ2) is 4.72. The van der Waals surface area contributed by atoms with Crippen molar-refractivity contribution in [2.24, 2.45) is 0 Å². The Balaban J connectivity index is 0.00000125. The van der Waals surface area contributed by atoms with E-state index in [0.717, 1.165) is 0 Å². The third kappa shape index (κ3) is 1.65. The van der Waals surface area contributed by atoms with Crippen molar-refractivity contribution in [3.05, 3.63) is 72.9 Å². The van der Waals surface area contributed by atoms with E-state index in [1.807, 2.05) is 0 Å². The second-order valence-corrected chi connectivity index (χ2v) is 5.42. The number of H-pyrrole nitrogens is 1. The molecular formula is C19H13ClN2. The molecule has 0 bridgehead atoms. The molecule has 0 unspecified atom stereocenters. The molecule has 3 heterocycles. The molecule has 0 fully saturated rings. The highest BCUT2D eigenvalue weighted by Crippen LogP contribution is 2.27. The largest absolute Gasteiger partial charge is 1.00 e. The van der Waals surface area contributed by atoms with Crippen LogP contribution in [-0.2, 0) is 0 Å². The van der Waals surface area contributed by atoms with Crippen molar-refractivity contribution in [1.29, 1.82) is 0 Å². The van der Waals surface area contributed by atoms with Crippen LogP contribution in [0.5, 0.6) is 0 Å². The lowest BCUT2D eigenvalue weighted by Crippen LogP contribution is -3.00. The third-order valence-corrected chi connectivity index (χ3v) is 4.27. The summed E-state index contributed by atoms with van der Waals surface area (Å²) in [5.41, 5.74) is 4.83. The van der Waals surface area contributed by atoms with E-state index in [-0.39, 0.29) is 12.4 Å². The molecule has 0 saturated heterocycles. The van der Waals surface area contributed by atoms with E-state index in [9.17, 15) is 0 Å². The topological polar surface area (TPSA) is 19.9 Å². The third-order valence-electron chi connectivity index (χ3n) is 4.27. The fraction of sp³-hybridized carbons (Fsp3) is 0. The summed E-state index contributed by atoms with van der Waals surface area (Å²) in [4.78, 5) is 3.56. The quantitative estimate of drug-likeness (QED) is 0.328. The Hall–Kier alpha value is -2.58. The van der Waals surface area contributed by atoms with Crippen LogP contribution in [0.2, 0.25) is 0 Å². The van der Waals surface area contributed by atoms with E-state index < -0.39 is 0 Å². The predicted molar refractivity (Wildman–Crippen MR) is 86.5 cm³/mol. The molecule has 3 aromatic heterocycles. The first-order valence-corrected chi connectivity index (χ1v) is 7.14. The van der Waals surface area contributed by atoms with E-state index in [2.05, 4.69) is 82.3 Å². The predicted octanol–water partition coefficient (Wildman–Crippen LogP) is 1.22. The number of hydrogen-bond donors (Lipinski definition) is 1. The molecule has 0 saturated carbocycles. The van der Waals surface area contributed by atoms with Gasteiger partial charge in [-0.1, -0.05) is 30.3 Å². The lowest BCUT2D eigenvalue weighted by molar-refractivity contribution is -0.480. The van der Waals surface area contributed by atoms with Gasteiger partial charge in [-0.25, -0.2) is 0 Å². The van der Waals surface area contributed by atoms with Gasteiger partial charge in [-0.05, 0) is 18.2 Å². The Morgan fingerprint density at radius 2 is 1.50 bits per heavy atom. The Labute approximate surface area is 133 Å². The van der Waals surface area contributed by atoms with Crippen LogP contribution >= 0.6 is 0 Å². The molecule has 5 aromatic rings. The lowest BCUT2D eigenvalue weighted by atomic mass is 10.1. The minimum Gasteiger partial charge on any atom is -1.00 e. The van der Waals surface area contributed by atoms with Crippen LogP contribution in [0.4, 0.5) is 0 Å². The molecule has 2 aromatic carbocycles. The van der Waals surface area contributed by atoms with Crippen molar-refractivity contribution in [2.75, 3.05) is 0 Å². The monoisotopic (exact) mass is 304 g/mol. The zero-order valence-corrected chi connectivity index (χ0v) is 12.5. The van der Waals surface area contributed by atoms with E-state index in [1.165, 1.54) is 38.2 Å². The second-order valence-electron chi connectivity index (χ2n) is 5.42. The van der Waals surface area contributed by atoms with Gasteiger partial charge in [0.25, 0.3) is 0 Å². The maximum atomic E-state index is 3.56. The number of hydrogen-bond acceptors (Lipinski definition) is 0. The van der Waals surface area contributed by atoms with Gasteiger partial charge in [-0.15, -0.1) is 0 Å². The summed E-state index contributed by atoms with van der Waals surface area (Å²) in [5, 5.41) is 3.81. The first-order valence-electron chi connectivity index (χ1n) is 7.14. The number of nitrogens with one attached hydrogen (secondary N) is 1. The molecule has 0 spiro atoms. The molecule has 1 N–H and O–H groups in total. The van der Waals surface area contributed by atoms with Crippen LogP contribution in [0.25, 0.3) is 38.2 Å². The van der Waals surface area contributed by atoms with Gasteiger partial charge in [0.15, 0.2) is 6.20 Å². The normalized spacial score (nSPS) is 11.3. The molecule has 5 rings (SSSR count). The number of nitrogens with zero attached hydrogens (tertiary/aromatic N) is 1. The molecule has 22 heavy (non-hydrogen) atoms. The highest BCUT2D eigenvalue weighted by molar-refractivity contribution is 6.11. The maximum Gasteiger partial charge on any atom is 0.235 e. The van der Waals surface area contributed by atoms with Crippen molar-refractivity contribution >= 4 is 38.2 Å². The molecule has 0 atom stereocenters.